The van der Waals surface area contributed by atoms with E-state index in [1.165, 1.54) is 36.4 Å². The molecule has 1 aromatic heterocycles. The monoisotopic (exact) mass is 396 g/mol. The second-order valence-electron chi connectivity index (χ2n) is 5.40. The molecule has 0 amide bonds. The largest absolute Gasteiger partial charge is 0.478 e. The van der Waals surface area contributed by atoms with Gasteiger partial charge in [-0.25, -0.2) is 26.7 Å². The highest BCUT2D eigenvalue weighted by Gasteiger charge is 2.25. The Bertz CT molecular complexity index is 1050. The Kier molecular flexibility index (Phi) is 5.12. The molecule has 144 valence electrons. The fourth-order valence-corrected chi connectivity index (χ4v) is 2.22. The summed E-state index contributed by atoms with van der Waals surface area (Å²) in [6.45, 7) is 0. The third-order valence-electron chi connectivity index (χ3n) is 3.62. The summed E-state index contributed by atoms with van der Waals surface area (Å²) in [5.41, 5.74) is 1.09. The van der Waals surface area contributed by atoms with Crippen molar-refractivity contribution in [2.75, 3.05) is 5.43 Å². The number of rotatable bonds is 5. The number of anilines is 1. The summed E-state index contributed by atoms with van der Waals surface area (Å²) in [5.74, 6) is -11.2. The standard InChI is InChI=1S/C18H9F5N2O3/c19-12-13(20)15(22)17(16(23)14(12)21)25-24-7-10-5-6-11(28-10)8-1-3-9(4-2-8)18(26)27/h1-7,25H,(H,26,27)/b24-7+. The van der Waals surface area contributed by atoms with Gasteiger partial charge in [0.2, 0.25) is 5.82 Å². The lowest BCUT2D eigenvalue weighted by Crippen LogP contribution is -2.06. The van der Waals surface area contributed by atoms with Gasteiger partial charge in [0.25, 0.3) is 0 Å². The van der Waals surface area contributed by atoms with E-state index in [-0.39, 0.29) is 11.3 Å². The normalized spacial score (nSPS) is 11.2. The van der Waals surface area contributed by atoms with Crippen molar-refractivity contribution in [2.24, 2.45) is 5.10 Å². The topological polar surface area (TPSA) is 74.8 Å². The second kappa shape index (κ2) is 7.51. The number of nitrogens with zero attached hydrogens (tertiary/aromatic N) is 1. The number of aromatic carboxylic acids is 1. The first-order valence-corrected chi connectivity index (χ1v) is 7.53. The first-order chi connectivity index (χ1) is 13.3. The lowest BCUT2D eigenvalue weighted by molar-refractivity contribution is 0.0697. The fraction of sp³-hybridized carbons (Fsp3) is 0. The second-order valence-corrected chi connectivity index (χ2v) is 5.40. The van der Waals surface area contributed by atoms with Crippen molar-refractivity contribution in [3.05, 3.63) is 76.8 Å². The van der Waals surface area contributed by atoms with Gasteiger partial charge in [0, 0.05) is 5.56 Å². The number of carboxylic acids is 1. The molecule has 0 fully saturated rings. The van der Waals surface area contributed by atoms with Crippen LogP contribution in [0.1, 0.15) is 16.1 Å². The highest BCUT2D eigenvalue weighted by atomic mass is 19.2. The number of furan rings is 1. The number of hydrogen-bond acceptors (Lipinski definition) is 4. The molecule has 2 aromatic carbocycles. The highest BCUT2D eigenvalue weighted by molar-refractivity contribution is 5.88. The molecule has 3 rings (SSSR count). The van der Waals surface area contributed by atoms with Crippen LogP contribution in [0.5, 0.6) is 0 Å². The van der Waals surface area contributed by atoms with Gasteiger partial charge in [0.05, 0.1) is 11.8 Å². The number of halogens is 5. The zero-order chi connectivity index (χ0) is 20.4. The van der Waals surface area contributed by atoms with E-state index in [1.54, 1.807) is 5.43 Å². The smallest absolute Gasteiger partial charge is 0.335 e. The molecule has 0 aliphatic rings. The number of carbonyl (C=O) groups is 1. The predicted octanol–water partition coefficient (Wildman–Crippen LogP) is 4.79. The Morgan fingerprint density at radius 3 is 2.04 bits per heavy atom. The van der Waals surface area contributed by atoms with E-state index >= 15 is 0 Å². The van der Waals surface area contributed by atoms with Crippen LogP contribution in [0.2, 0.25) is 0 Å². The molecule has 28 heavy (non-hydrogen) atoms. The van der Waals surface area contributed by atoms with Crippen LogP contribution < -0.4 is 5.43 Å². The Morgan fingerprint density at radius 1 is 0.893 bits per heavy atom. The van der Waals surface area contributed by atoms with Crippen LogP contribution in [0.4, 0.5) is 27.6 Å². The Labute approximate surface area is 153 Å². The van der Waals surface area contributed by atoms with Crippen molar-refractivity contribution < 1.29 is 36.3 Å². The molecule has 0 bridgehead atoms. The molecular formula is C18H9F5N2O3. The summed E-state index contributed by atoms with van der Waals surface area (Å²) in [5, 5.41) is 12.3. The molecule has 1 heterocycles. The maximum Gasteiger partial charge on any atom is 0.335 e. The van der Waals surface area contributed by atoms with Crippen LogP contribution in [-0.4, -0.2) is 17.3 Å². The molecule has 0 aliphatic heterocycles. The van der Waals surface area contributed by atoms with Crippen LogP contribution >= 0.6 is 0 Å². The molecular weight excluding hydrogens is 387 g/mol. The Morgan fingerprint density at radius 2 is 1.46 bits per heavy atom. The molecule has 0 spiro atoms. The molecule has 3 aromatic rings. The predicted molar refractivity (Wildman–Crippen MR) is 88.6 cm³/mol. The molecule has 0 saturated heterocycles. The van der Waals surface area contributed by atoms with Crippen LogP contribution in [0.25, 0.3) is 11.3 Å². The number of hydrazone groups is 1. The SMILES string of the molecule is O=C(O)c1ccc(-c2ccc(/C=N/Nc3c(F)c(F)c(F)c(F)c3F)o2)cc1. The van der Waals surface area contributed by atoms with Crippen LogP contribution in [0.15, 0.2) is 45.9 Å². The van der Waals surface area contributed by atoms with Gasteiger partial charge in [-0.1, -0.05) is 12.1 Å². The van der Waals surface area contributed by atoms with Gasteiger partial charge in [0.1, 0.15) is 17.2 Å². The van der Waals surface area contributed by atoms with Gasteiger partial charge >= 0.3 is 5.97 Å². The minimum Gasteiger partial charge on any atom is -0.478 e. The average Bonchev–Trinajstić information content (AvgIpc) is 3.16. The summed E-state index contributed by atoms with van der Waals surface area (Å²) in [7, 11) is 0. The lowest BCUT2D eigenvalue weighted by Gasteiger charge is -2.06. The summed E-state index contributed by atoms with van der Waals surface area (Å²) >= 11 is 0. The fourth-order valence-electron chi connectivity index (χ4n) is 2.22. The van der Waals surface area contributed by atoms with Crippen LogP contribution in [0, 0.1) is 29.1 Å². The summed E-state index contributed by atoms with van der Waals surface area (Å²) in [6.07, 6.45) is 0.965. The molecule has 5 nitrogen and oxygen atoms in total. The van der Waals surface area contributed by atoms with Crippen LogP contribution in [0.3, 0.4) is 0 Å². The third kappa shape index (κ3) is 3.56. The number of carboxylic acid groups (broad SMARTS) is 1. The molecule has 0 aliphatic carbocycles. The highest BCUT2D eigenvalue weighted by Crippen LogP contribution is 2.27. The lowest BCUT2D eigenvalue weighted by atomic mass is 10.1. The molecule has 0 unspecified atom stereocenters. The first kappa shape index (κ1) is 19.1. The molecule has 2 N–H and O–H groups in total. The average molecular weight is 396 g/mol. The van der Waals surface area contributed by atoms with Crippen molar-refractivity contribution in [1.82, 2.24) is 0 Å². The Hall–Kier alpha value is -3.69. The molecule has 0 radical (unpaired) electrons. The van der Waals surface area contributed by atoms with E-state index in [4.69, 9.17) is 9.52 Å². The Balaban J connectivity index is 1.77. The minimum absolute atomic E-state index is 0.0871. The van der Waals surface area contributed by atoms with Gasteiger partial charge in [-0.2, -0.15) is 5.10 Å². The van der Waals surface area contributed by atoms with Crippen molar-refractivity contribution in [1.29, 1.82) is 0 Å². The van der Waals surface area contributed by atoms with Gasteiger partial charge in [-0.3, -0.25) is 5.43 Å². The minimum atomic E-state index is -2.27. The third-order valence-corrected chi connectivity index (χ3v) is 3.62. The first-order valence-electron chi connectivity index (χ1n) is 7.53. The summed E-state index contributed by atoms with van der Waals surface area (Å²) < 4.78 is 71.6. The van der Waals surface area contributed by atoms with Gasteiger partial charge in [0.15, 0.2) is 23.3 Å². The van der Waals surface area contributed by atoms with E-state index in [0.29, 0.717) is 11.3 Å². The van der Waals surface area contributed by atoms with Crippen molar-refractivity contribution in [3.63, 3.8) is 0 Å². The maximum atomic E-state index is 13.5. The van der Waals surface area contributed by atoms with E-state index in [0.717, 1.165) is 6.21 Å². The number of nitrogens with one attached hydrogen (secondary N) is 1. The summed E-state index contributed by atoms with van der Waals surface area (Å²) in [4.78, 5) is 10.8. The number of hydrogen-bond donors (Lipinski definition) is 2. The van der Waals surface area contributed by atoms with E-state index < -0.39 is 40.7 Å². The van der Waals surface area contributed by atoms with E-state index in [1.807, 2.05) is 0 Å². The summed E-state index contributed by atoms with van der Waals surface area (Å²) in [6, 6.07) is 8.73. The zero-order valence-electron chi connectivity index (χ0n) is 13.6. The zero-order valence-corrected chi connectivity index (χ0v) is 13.6. The van der Waals surface area contributed by atoms with Gasteiger partial charge in [-0.05, 0) is 24.3 Å². The number of benzene rings is 2. The molecule has 10 heteroatoms. The van der Waals surface area contributed by atoms with Crippen molar-refractivity contribution in [3.8, 4) is 11.3 Å². The maximum absolute atomic E-state index is 13.5. The van der Waals surface area contributed by atoms with Crippen molar-refractivity contribution in [2.45, 2.75) is 0 Å². The van der Waals surface area contributed by atoms with Crippen molar-refractivity contribution >= 4 is 17.9 Å². The molecule has 0 saturated carbocycles. The molecule has 0 atom stereocenters. The quantitative estimate of drug-likeness (QED) is 0.214. The van der Waals surface area contributed by atoms with E-state index in [9.17, 15) is 26.7 Å². The van der Waals surface area contributed by atoms with Gasteiger partial charge in [-0.15, -0.1) is 0 Å². The van der Waals surface area contributed by atoms with Crippen LogP contribution in [-0.2, 0) is 0 Å². The van der Waals surface area contributed by atoms with Gasteiger partial charge < -0.3 is 9.52 Å². The van der Waals surface area contributed by atoms with E-state index in [2.05, 4.69) is 5.10 Å².